The Balaban J connectivity index is 1.48. The second-order valence-electron chi connectivity index (χ2n) is 13.2. The van der Waals surface area contributed by atoms with E-state index in [1.54, 1.807) is 34.1 Å². The maximum atomic E-state index is 14.2. The molecule has 0 saturated carbocycles. The van der Waals surface area contributed by atoms with Crippen LogP contribution < -0.4 is 15.4 Å². The lowest BCUT2D eigenvalue weighted by Crippen LogP contribution is -2.52. The first-order chi connectivity index (χ1) is 25.1. The van der Waals surface area contributed by atoms with Gasteiger partial charge in [-0.15, -0.1) is 0 Å². The number of hydrogen-bond donors (Lipinski definition) is 2. The van der Waals surface area contributed by atoms with E-state index in [1.807, 2.05) is 60.7 Å². The average Bonchev–Trinajstić information content (AvgIpc) is 3.40. The van der Waals surface area contributed by atoms with Crippen LogP contribution in [0.2, 0.25) is 0 Å². The predicted molar refractivity (Wildman–Crippen MR) is 193 cm³/mol. The molecule has 5 rings (SSSR count). The monoisotopic (exact) mass is 710 g/mol. The van der Waals surface area contributed by atoms with Crippen LogP contribution in [0.15, 0.2) is 84.9 Å². The topological polar surface area (TPSA) is 149 Å². The molecular formula is C39H46N6O7. The van der Waals surface area contributed by atoms with E-state index in [2.05, 4.69) is 10.6 Å². The highest BCUT2D eigenvalue weighted by molar-refractivity contribution is 6.01. The largest absolute Gasteiger partial charge is 0.491 e. The third-order valence-corrected chi connectivity index (χ3v) is 9.20. The Hall–Kier alpha value is -5.72. The van der Waals surface area contributed by atoms with Crippen LogP contribution in [-0.4, -0.2) is 120 Å². The first-order valence-corrected chi connectivity index (χ1v) is 17.5. The number of carbonyl (C=O) groups is 6. The standard InChI is InChI=1S/C39H46N6O7/c1-28(46)43-18-11-19-44(21-20-43)39(51)33-23-36(48)45(24-30-14-7-4-8-15-30)26-37(49)42(2)25-35(47)40-31(22-29-12-5-3-6-13-29)27-52-34-17-10-9-16-32(34)38(50)41-33/h3-10,12-17,31,33H,11,18-27H2,1-2H3,(H,40,47)(H,41,50)/t31-,33+/m1/s1. The molecule has 13 heteroatoms. The fourth-order valence-electron chi connectivity index (χ4n) is 6.33. The summed E-state index contributed by atoms with van der Waals surface area (Å²) < 4.78 is 6.17. The number of hydrogen-bond acceptors (Lipinski definition) is 7. The lowest BCUT2D eigenvalue weighted by atomic mass is 10.1. The maximum Gasteiger partial charge on any atom is 0.255 e. The number of ether oxygens (including phenoxy) is 1. The Kier molecular flexibility index (Phi) is 13.0. The van der Waals surface area contributed by atoms with Gasteiger partial charge in [-0.3, -0.25) is 28.8 Å². The summed E-state index contributed by atoms with van der Waals surface area (Å²) in [5.41, 5.74) is 1.86. The summed E-state index contributed by atoms with van der Waals surface area (Å²) in [6.07, 6.45) is 0.532. The average molecular weight is 711 g/mol. The van der Waals surface area contributed by atoms with E-state index in [4.69, 9.17) is 4.74 Å². The second kappa shape index (κ2) is 18.0. The number of amides is 6. The van der Waals surface area contributed by atoms with Crippen LogP contribution in [0.5, 0.6) is 5.75 Å². The van der Waals surface area contributed by atoms with Crippen molar-refractivity contribution in [3.05, 3.63) is 102 Å². The molecule has 3 aromatic rings. The van der Waals surface area contributed by atoms with Crippen molar-refractivity contribution < 1.29 is 33.5 Å². The normalized spacial score (nSPS) is 19.8. The van der Waals surface area contributed by atoms with Crippen LogP contribution in [0.4, 0.5) is 0 Å². The number of nitrogens with zero attached hydrogens (tertiary/aromatic N) is 4. The van der Waals surface area contributed by atoms with Crippen LogP contribution in [-0.2, 0) is 36.9 Å². The van der Waals surface area contributed by atoms with Gasteiger partial charge in [-0.1, -0.05) is 72.8 Å². The number of nitrogens with one attached hydrogen (secondary N) is 2. The molecule has 2 aliphatic heterocycles. The minimum atomic E-state index is -1.28. The Labute approximate surface area is 303 Å². The van der Waals surface area contributed by atoms with Crippen molar-refractivity contribution in [1.29, 1.82) is 0 Å². The van der Waals surface area contributed by atoms with E-state index in [0.717, 1.165) is 11.1 Å². The number of carbonyl (C=O) groups excluding carboxylic acids is 6. The van der Waals surface area contributed by atoms with Gasteiger partial charge in [-0.25, -0.2) is 0 Å². The van der Waals surface area contributed by atoms with Gasteiger partial charge in [0, 0.05) is 46.7 Å². The zero-order valence-electron chi connectivity index (χ0n) is 29.7. The van der Waals surface area contributed by atoms with Gasteiger partial charge < -0.3 is 35.0 Å². The van der Waals surface area contributed by atoms with Crippen molar-refractivity contribution in [2.45, 2.75) is 44.8 Å². The number of para-hydroxylation sites is 1. The highest BCUT2D eigenvalue weighted by atomic mass is 16.5. The molecule has 0 spiro atoms. The summed E-state index contributed by atoms with van der Waals surface area (Å²) >= 11 is 0. The number of benzene rings is 3. The molecule has 2 heterocycles. The molecule has 0 radical (unpaired) electrons. The maximum absolute atomic E-state index is 14.2. The summed E-state index contributed by atoms with van der Waals surface area (Å²) in [5.74, 6) is -2.38. The zero-order valence-corrected chi connectivity index (χ0v) is 29.7. The number of fused-ring (bicyclic) bond motifs is 1. The molecule has 2 aliphatic rings. The molecule has 274 valence electrons. The molecule has 0 aromatic heterocycles. The predicted octanol–water partition coefficient (Wildman–Crippen LogP) is 1.86. The molecule has 13 nitrogen and oxygen atoms in total. The molecule has 52 heavy (non-hydrogen) atoms. The van der Waals surface area contributed by atoms with Crippen molar-refractivity contribution in [2.24, 2.45) is 0 Å². The van der Waals surface area contributed by atoms with Crippen LogP contribution in [0.3, 0.4) is 0 Å². The van der Waals surface area contributed by atoms with Gasteiger partial charge in [0.05, 0.1) is 24.6 Å². The van der Waals surface area contributed by atoms with E-state index in [9.17, 15) is 28.8 Å². The van der Waals surface area contributed by atoms with Crippen LogP contribution in [0.1, 0.15) is 41.3 Å². The minimum absolute atomic E-state index is 0.00864. The lowest BCUT2D eigenvalue weighted by molar-refractivity contribution is -0.143. The Morgan fingerprint density at radius 2 is 1.38 bits per heavy atom. The zero-order chi connectivity index (χ0) is 37.0. The smallest absolute Gasteiger partial charge is 0.255 e. The van der Waals surface area contributed by atoms with Crippen LogP contribution in [0, 0.1) is 0 Å². The summed E-state index contributed by atoms with van der Waals surface area (Å²) in [5, 5.41) is 5.78. The van der Waals surface area contributed by atoms with Crippen molar-refractivity contribution in [2.75, 3.05) is 52.9 Å². The molecule has 1 fully saturated rings. The lowest BCUT2D eigenvalue weighted by Gasteiger charge is -2.30. The summed E-state index contributed by atoms with van der Waals surface area (Å²) in [6.45, 7) is 2.32. The highest BCUT2D eigenvalue weighted by Gasteiger charge is 2.33. The number of likely N-dealkylation sites (N-methyl/N-ethyl adjacent to an activating group) is 1. The Bertz CT molecular complexity index is 1740. The van der Waals surface area contributed by atoms with Crippen molar-refractivity contribution >= 4 is 35.4 Å². The molecule has 2 N–H and O–H groups in total. The van der Waals surface area contributed by atoms with E-state index in [0.29, 0.717) is 32.5 Å². The van der Waals surface area contributed by atoms with Gasteiger partial charge in [0.1, 0.15) is 24.9 Å². The third kappa shape index (κ3) is 10.4. The van der Waals surface area contributed by atoms with Gasteiger partial charge >= 0.3 is 0 Å². The molecule has 3 aromatic carbocycles. The Morgan fingerprint density at radius 1 is 0.750 bits per heavy atom. The van der Waals surface area contributed by atoms with Crippen molar-refractivity contribution in [3.63, 3.8) is 0 Å². The van der Waals surface area contributed by atoms with Crippen molar-refractivity contribution in [3.8, 4) is 5.75 Å². The van der Waals surface area contributed by atoms with E-state index >= 15 is 0 Å². The molecule has 0 unspecified atom stereocenters. The highest BCUT2D eigenvalue weighted by Crippen LogP contribution is 2.20. The van der Waals surface area contributed by atoms with Gasteiger partial charge in [0.25, 0.3) is 5.91 Å². The SMILES string of the molecule is CC(=O)N1CCCN(C(=O)[C@@H]2CC(=O)N(Cc3ccccc3)CC(=O)N(C)CC(=O)N[C@H](Cc3ccccc3)COc3ccccc3C(=O)N2)CC1. The first kappa shape index (κ1) is 37.5. The van der Waals surface area contributed by atoms with E-state index < -0.39 is 48.0 Å². The van der Waals surface area contributed by atoms with Gasteiger partial charge in [-0.2, -0.15) is 0 Å². The van der Waals surface area contributed by atoms with Gasteiger partial charge in [-0.05, 0) is 36.1 Å². The van der Waals surface area contributed by atoms with Gasteiger partial charge in [0.15, 0.2) is 0 Å². The third-order valence-electron chi connectivity index (χ3n) is 9.20. The van der Waals surface area contributed by atoms with Gasteiger partial charge in [0.2, 0.25) is 29.5 Å². The fraction of sp³-hybridized carbons (Fsp3) is 0.385. The molecule has 0 aliphatic carbocycles. The summed E-state index contributed by atoms with van der Waals surface area (Å²) in [4.78, 5) is 87.1. The van der Waals surface area contributed by atoms with Crippen LogP contribution >= 0.6 is 0 Å². The quantitative estimate of drug-likeness (QED) is 0.411. The minimum Gasteiger partial charge on any atom is -0.491 e. The fourth-order valence-corrected chi connectivity index (χ4v) is 6.33. The molecule has 6 amide bonds. The summed E-state index contributed by atoms with van der Waals surface area (Å²) in [6, 6.07) is 23.5. The van der Waals surface area contributed by atoms with Crippen LogP contribution in [0.25, 0.3) is 0 Å². The van der Waals surface area contributed by atoms with E-state index in [1.165, 1.54) is 23.8 Å². The van der Waals surface area contributed by atoms with Crippen molar-refractivity contribution in [1.82, 2.24) is 30.2 Å². The molecule has 1 saturated heterocycles. The molecule has 2 atom stereocenters. The Morgan fingerprint density at radius 3 is 2.10 bits per heavy atom. The summed E-state index contributed by atoms with van der Waals surface area (Å²) in [7, 11) is 1.50. The second-order valence-corrected chi connectivity index (χ2v) is 13.2. The molecule has 0 bridgehead atoms. The van der Waals surface area contributed by atoms with E-state index in [-0.39, 0.29) is 50.0 Å². The number of rotatable bonds is 5. The first-order valence-electron chi connectivity index (χ1n) is 17.5. The molecular weight excluding hydrogens is 664 g/mol.